The molecule has 0 atom stereocenters. The Morgan fingerprint density at radius 3 is 2.89 bits per heavy atom. The van der Waals surface area contributed by atoms with E-state index in [2.05, 4.69) is 4.98 Å². The maximum Gasteiger partial charge on any atom is 0.337 e. The van der Waals surface area contributed by atoms with Crippen LogP contribution in [0.2, 0.25) is 0 Å². The van der Waals surface area contributed by atoms with Crippen molar-refractivity contribution in [2.45, 2.75) is 0 Å². The molecule has 5 heteroatoms. The molecule has 19 heavy (non-hydrogen) atoms. The zero-order valence-electron chi connectivity index (χ0n) is 10.6. The first-order valence-corrected chi connectivity index (χ1v) is 5.79. The Labute approximate surface area is 109 Å². The van der Waals surface area contributed by atoms with Gasteiger partial charge in [-0.2, -0.15) is 0 Å². The maximum absolute atomic E-state index is 11.5. The Bertz CT molecular complexity index is 741. The molecule has 2 aromatic heterocycles. The van der Waals surface area contributed by atoms with E-state index in [1.54, 1.807) is 18.4 Å². The Morgan fingerprint density at radius 1 is 1.37 bits per heavy atom. The van der Waals surface area contributed by atoms with Crippen molar-refractivity contribution in [2.75, 3.05) is 7.11 Å². The lowest BCUT2D eigenvalue weighted by molar-refractivity contribution is 0.0601. The summed E-state index contributed by atoms with van der Waals surface area (Å²) in [6.45, 7) is 0. The van der Waals surface area contributed by atoms with Crippen molar-refractivity contribution in [3.05, 3.63) is 42.2 Å². The number of fused-ring (bicyclic) bond motifs is 1. The van der Waals surface area contributed by atoms with E-state index in [4.69, 9.17) is 9.15 Å². The first-order chi connectivity index (χ1) is 9.20. The molecule has 1 aromatic carbocycles. The predicted molar refractivity (Wildman–Crippen MR) is 69.8 cm³/mol. The lowest BCUT2D eigenvalue weighted by Gasteiger charge is -2.00. The second kappa shape index (κ2) is 4.28. The highest BCUT2D eigenvalue weighted by atomic mass is 16.5. The molecule has 2 heterocycles. The number of rotatable bonds is 2. The van der Waals surface area contributed by atoms with Crippen LogP contribution in [-0.4, -0.2) is 22.6 Å². The third-order valence-corrected chi connectivity index (χ3v) is 3.04. The number of esters is 1. The first kappa shape index (κ1) is 11.5. The number of aromatic nitrogens is 2. The average molecular weight is 256 g/mol. The van der Waals surface area contributed by atoms with Crippen molar-refractivity contribution >= 4 is 17.0 Å². The molecule has 5 nitrogen and oxygen atoms in total. The summed E-state index contributed by atoms with van der Waals surface area (Å²) >= 11 is 0. The Morgan fingerprint density at radius 2 is 2.21 bits per heavy atom. The van der Waals surface area contributed by atoms with Gasteiger partial charge in [0.1, 0.15) is 0 Å². The summed E-state index contributed by atoms with van der Waals surface area (Å²) < 4.78 is 12.0. The van der Waals surface area contributed by atoms with Gasteiger partial charge in [-0.25, -0.2) is 9.78 Å². The van der Waals surface area contributed by atoms with E-state index in [1.807, 2.05) is 29.8 Å². The smallest absolute Gasteiger partial charge is 0.337 e. The number of carbonyl (C=O) groups is 1. The van der Waals surface area contributed by atoms with Gasteiger partial charge in [-0.05, 0) is 30.3 Å². The second-order valence-electron chi connectivity index (χ2n) is 4.17. The van der Waals surface area contributed by atoms with Crippen LogP contribution in [-0.2, 0) is 11.8 Å². The van der Waals surface area contributed by atoms with E-state index in [-0.39, 0.29) is 5.97 Å². The lowest BCUT2D eigenvalue weighted by Crippen LogP contribution is -2.00. The molecule has 3 rings (SSSR count). The number of ether oxygens (including phenoxy) is 1. The third kappa shape index (κ3) is 1.79. The van der Waals surface area contributed by atoms with Crippen LogP contribution in [0.15, 0.2) is 41.0 Å². The van der Waals surface area contributed by atoms with Crippen LogP contribution in [0.4, 0.5) is 0 Å². The number of nitrogens with zero attached hydrogens (tertiary/aromatic N) is 2. The molecule has 0 spiro atoms. The van der Waals surface area contributed by atoms with Crippen molar-refractivity contribution in [2.24, 2.45) is 7.05 Å². The molecule has 0 fully saturated rings. The minimum atomic E-state index is -0.368. The number of methoxy groups -OCH3 is 1. The van der Waals surface area contributed by atoms with Gasteiger partial charge in [0.15, 0.2) is 11.6 Å². The van der Waals surface area contributed by atoms with Gasteiger partial charge in [-0.1, -0.05) is 0 Å². The second-order valence-corrected chi connectivity index (χ2v) is 4.17. The zero-order valence-corrected chi connectivity index (χ0v) is 10.6. The normalized spacial score (nSPS) is 10.8. The summed E-state index contributed by atoms with van der Waals surface area (Å²) in [7, 11) is 3.27. The van der Waals surface area contributed by atoms with Crippen LogP contribution in [0.25, 0.3) is 22.6 Å². The number of hydrogen-bond donors (Lipinski definition) is 0. The van der Waals surface area contributed by atoms with Gasteiger partial charge in [0, 0.05) is 7.05 Å². The summed E-state index contributed by atoms with van der Waals surface area (Å²) in [4.78, 5) is 16.0. The minimum Gasteiger partial charge on any atom is -0.465 e. The summed E-state index contributed by atoms with van der Waals surface area (Å²) in [6.07, 6.45) is 1.61. The van der Waals surface area contributed by atoms with Crippen LogP contribution in [0.1, 0.15) is 10.4 Å². The van der Waals surface area contributed by atoms with Crippen LogP contribution in [0.5, 0.6) is 0 Å². The van der Waals surface area contributed by atoms with Crippen LogP contribution < -0.4 is 0 Å². The largest absolute Gasteiger partial charge is 0.465 e. The van der Waals surface area contributed by atoms with Gasteiger partial charge in [0.25, 0.3) is 0 Å². The molecule has 0 aliphatic rings. The molecular formula is C14H12N2O3. The first-order valence-electron chi connectivity index (χ1n) is 5.79. The molecule has 0 radical (unpaired) electrons. The fourth-order valence-electron chi connectivity index (χ4n) is 2.07. The minimum absolute atomic E-state index is 0.368. The molecule has 0 N–H and O–H groups in total. The fourth-order valence-corrected chi connectivity index (χ4v) is 2.07. The molecular weight excluding hydrogens is 244 g/mol. The van der Waals surface area contributed by atoms with Gasteiger partial charge in [-0.3, -0.25) is 0 Å². The van der Waals surface area contributed by atoms with Gasteiger partial charge in [-0.15, -0.1) is 0 Å². The molecule has 0 saturated heterocycles. The lowest BCUT2D eigenvalue weighted by atomic mass is 10.2. The highest BCUT2D eigenvalue weighted by Gasteiger charge is 2.14. The molecule has 0 saturated carbocycles. The zero-order chi connectivity index (χ0) is 13.4. The van der Waals surface area contributed by atoms with Crippen LogP contribution in [0, 0.1) is 0 Å². The number of imidazole rings is 1. The van der Waals surface area contributed by atoms with Crippen molar-refractivity contribution < 1.29 is 13.9 Å². The van der Waals surface area contributed by atoms with Gasteiger partial charge >= 0.3 is 5.97 Å². The average Bonchev–Trinajstić information content (AvgIpc) is 3.05. The molecule has 0 aliphatic heterocycles. The third-order valence-electron chi connectivity index (χ3n) is 3.04. The SMILES string of the molecule is COC(=O)c1ccc2c(c1)nc(-c1ccco1)n2C. The van der Waals surface area contributed by atoms with E-state index in [0.717, 1.165) is 16.9 Å². The van der Waals surface area contributed by atoms with Crippen molar-refractivity contribution in [1.29, 1.82) is 0 Å². The predicted octanol–water partition coefficient (Wildman–Crippen LogP) is 2.62. The van der Waals surface area contributed by atoms with Crippen molar-refractivity contribution in [3.63, 3.8) is 0 Å². The van der Waals surface area contributed by atoms with Gasteiger partial charge < -0.3 is 13.7 Å². The van der Waals surface area contributed by atoms with E-state index in [9.17, 15) is 4.79 Å². The summed E-state index contributed by atoms with van der Waals surface area (Å²) in [6, 6.07) is 8.95. The van der Waals surface area contributed by atoms with Crippen molar-refractivity contribution in [3.8, 4) is 11.6 Å². The monoisotopic (exact) mass is 256 g/mol. The highest BCUT2D eigenvalue weighted by molar-refractivity contribution is 5.94. The molecule has 0 amide bonds. The fraction of sp³-hybridized carbons (Fsp3) is 0.143. The standard InChI is InChI=1S/C14H12N2O3/c1-16-11-6-5-9(14(17)18-2)8-10(11)15-13(16)12-4-3-7-19-12/h3-8H,1-2H3. The summed E-state index contributed by atoms with van der Waals surface area (Å²) in [5, 5.41) is 0. The topological polar surface area (TPSA) is 57.3 Å². The van der Waals surface area contributed by atoms with E-state index in [0.29, 0.717) is 11.3 Å². The van der Waals surface area contributed by atoms with Crippen LogP contribution in [0.3, 0.4) is 0 Å². The number of benzene rings is 1. The van der Waals surface area contributed by atoms with Crippen molar-refractivity contribution in [1.82, 2.24) is 9.55 Å². The number of carbonyl (C=O) groups excluding carboxylic acids is 1. The number of furan rings is 1. The van der Waals surface area contributed by atoms with E-state index < -0.39 is 0 Å². The summed E-state index contributed by atoms with van der Waals surface area (Å²) in [5.74, 6) is 1.05. The molecule has 0 unspecified atom stereocenters. The summed E-state index contributed by atoms with van der Waals surface area (Å²) in [5.41, 5.74) is 2.15. The van der Waals surface area contributed by atoms with Crippen LogP contribution >= 0.6 is 0 Å². The molecule has 0 bridgehead atoms. The van der Waals surface area contributed by atoms with Gasteiger partial charge in [0.05, 0.1) is 30.0 Å². The molecule has 96 valence electrons. The molecule has 3 aromatic rings. The number of aryl methyl sites for hydroxylation is 1. The van der Waals surface area contributed by atoms with E-state index >= 15 is 0 Å². The Kier molecular flexibility index (Phi) is 2.59. The number of hydrogen-bond acceptors (Lipinski definition) is 4. The Hall–Kier alpha value is -2.56. The Balaban J connectivity index is 2.18. The molecule has 0 aliphatic carbocycles. The highest BCUT2D eigenvalue weighted by Crippen LogP contribution is 2.24. The quantitative estimate of drug-likeness (QED) is 0.661. The maximum atomic E-state index is 11.5. The van der Waals surface area contributed by atoms with Gasteiger partial charge in [0.2, 0.25) is 0 Å². The van der Waals surface area contributed by atoms with E-state index in [1.165, 1.54) is 7.11 Å².